The Hall–Kier alpha value is -6.58. The van der Waals surface area contributed by atoms with Crippen LogP contribution in [0.2, 0.25) is 5.82 Å². The summed E-state index contributed by atoms with van der Waals surface area (Å²) in [6.07, 6.45) is 18.3. The van der Waals surface area contributed by atoms with E-state index >= 15 is 0 Å². The van der Waals surface area contributed by atoms with Gasteiger partial charge in [-0.25, -0.2) is 0 Å². The Morgan fingerprint density at radius 3 is 1.95 bits per heavy atom. The topological polar surface area (TPSA) is 6.48 Å². The SMILES string of the molecule is CC1=CC2(C)C3B(C4=C5C(=CCC4)C4(c6ccccc6-c6ccccc64)C4CC=CC=C4N5C3=C1)c1cccc3c1N2c1ccccc1C31c2ccccc2-c2ccccc21. The van der Waals surface area contributed by atoms with Crippen LogP contribution in [0.15, 0.2) is 210 Å². The van der Waals surface area contributed by atoms with Gasteiger partial charge < -0.3 is 9.80 Å². The second-order valence-electron chi connectivity index (χ2n) is 19.1. The van der Waals surface area contributed by atoms with Crippen LogP contribution in [0.4, 0.5) is 11.4 Å². The molecule has 3 heteroatoms. The standard InChI is InChI=1S/C58H43BN2/c1-35-33-52-55-56(2,34-35)61-51-32-14-12-26-45(51)58(42-23-9-5-19-38(42)39-20-6-10-24-43(39)58)47-28-16-30-49(54(47)61)59(55)48-29-15-27-46-53(48)60(52)50-31-13-11-25-44(50)57(46)40-21-7-3-17-36(40)37-18-4-8-22-41(37)57/h3-14,16-24,26-28,30-34,44,55H,15,25,29H2,1-2H3. The second kappa shape index (κ2) is 11.0. The first kappa shape index (κ1) is 33.2. The fourth-order valence-electron chi connectivity index (χ4n) is 15.1. The van der Waals surface area contributed by atoms with E-state index in [4.69, 9.17) is 0 Å². The molecule has 0 bridgehead atoms. The number of nitrogens with zero attached hydrogens (tertiary/aromatic N) is 2. The first-order chi connectivity index (χ1) is 30.1. The summed E-state index contributed by atoms with van der Waals surface area (Å²) in [5.41, 5.74) is 26.2. The fourth-order valence-corrected chi connectivity index (χ4v) is 15.1. The molecule has 1 saturated heterocycles. The Kier molecular flexibility index (Phi) is 5.99. The lowest BCUT2D eigenvalue weighted by atomic mass is 9.24. The van der Waals surface area contributed by atoms with Gasteiger partial charge in [0.15, 0.2) is 0 Å². The number of hydrogen-bond acceptors (Lipinski definition) is 2. The monoisotopic (exact) mass is 778 g/mol. The summed E-state index contributed by atoms with van der Waals surface area (Å²) in [7, 11) is 0. The minimum absolute atomic E-state index is 0.215. The fraction of sp³-hybridized carbons (Fsp3) is 0.172. The number of allylic oxidation sites excluding steroid dienone is 9. The lowest BCUT2D eigenvalue weighted by Crippen LogP contribution is -2.67. The molecule has 0 saturated carbocycles. The molecule has 3 atom stereocenters. The summed E-state index contributed by atoms with van der Waals surface area (Å²) < 4.78 is 0. The molecule has 0 amide bonds. The summed E-state index contributed by atoms with van der Waals surface area (Å²) in [5, 5.41) is 0. The molecule has 288 valence electrons. The predicted octanol–water partition coefficient (Wildman–Crippen LogP) is 12.5. The Bertz CT molecular complexity index is 3170. The lowest BCUT2D eigenvalue weighted by molar-refractivity contribution is 0.280. The second-order valence-corrected chi connectivity index (χ2v) is 19.1. The average molecular weight is 779 g/mol. The van der Waals surface area contributed by atoms with Gasteiger partial charge in [-0.2, -0.15) is 0 Å². The number of piperidine rings is 1. The Morgan fingerprint density at radius 2 is 1.25 bits per heavy atom. The zero-order chi connectivity index (χ0) is 40.0. The summed E-state index contributed by atoms with van der Waals surface area (Å²) >= 11 is 0. The van der Waals surface area contributed by atoms with Crippen LogP contribution in [0.1, 0.15) is 66.5 Å². The number of anilines is 2. The van der Waals surface area contributed by atoms with E-state index in [1.165, 1.54) is 101 Å². The van der Waals surface area contributed by atoms with Crippen LogP contribution in [0, 0.1) is 5.92 Å². The van der Waals surface area contributed by atoms with Gasteiger partial charge in [-0.1, -0.05) is 174 Å². The van der Waals surface area contributed by atoms with Crippen LogP contribution in [0.3, 0.4) is 0 Å². The van der Waals surface area contributed by atoms with Gasteiger partial charge in [-0.15, -0.1) is 0 Å². The molecule has 6 aromatic carbocycles. The molecule has 4 aliphatic heterocycles. The molecule has 2 nitrogen and oxygen atoms in total. The molecule has 9 aliphatic rings. The van der Waals surface area contributed by atoms with Gasteiger partial charge in [0.1, 0.15) is 0 Å². The van der Waals surface area contributed by atoms with Crippen molar-refractivity contribution in [3.05, 3.63) is 243 Å². The van der Waals surface area contributed by atoms with Crippen molar-refractivity contribution in [2.24, 2.45) is 5.92 Å². The maximum Gasteiger partial charge on any atom is 0.221 e. The minimum atomic E-state index is -0.435. The van der Waals surface area contributed by atoms with E-state index in [9.17, 15) is 0 Å². The molecular weight excluding hydrogens is 735 g/mol. The van der Waals surface area contributed by atoms with Crippen molar-refractivity contribution in [2.75, 3.05) is 4.90 Å². The largest absolute Gasteiger partial charge is 0.332 e. The molecule has 0 radical (unpaired) electrons. The molecule has 61 heavy (non-hydrogen) atoms. The molecule has 1 fully saturated rings. The predicted molar refractivity (Wildman–Crippen MR) is 249 cm³/mol. The van der Waals surface area contributed by atoms with E-state index in [2.05, 4.69) is 200 Å². The molecule has 0 N–H and O–H groups in total. The quantitative estimate of drug-likeness (QED) is 0.142. The maximum absolute atomic E-state index is 2.83. The first-order valence-corrected chi connectivity index (χ1v) is 22.5. The molecule has 5 aliphatic carbocycles. The Labute approximate surface area is 358 Å². The van der Waals surface area contributed by atoms with Gasteiger partial charge in [-0.3, -0.25) is 0 Å². The molecule has 4 heterocycles. The van der Waals surface area contributed by atoms with Crippen LogP contribution in [0.25, 0.3) is 22.3 Å². The van der Waals surface area contributed by atoms with E-state index in [1.807, 2.05) is 0 Å². The maximum atomic E-state index is 2.83. The number of para-hydroxylation sites is 2. The summed E-state index contributed by atoms with van der Waals surface area (Å²) in [5.74, 6) is 0.485. The highest BCUT2D eigenvalue weighted by molar-refractivity contribution is 6.84. The highest BCUT2D eigenvalue weighted by Gasteiger charge is 2.66. The molecule has 2 spiro atoms. The normalized spacial score (nSPS) is 24.9. The van der Waals surface area contributed by atoms with Crippen LogP contribution in [0.5, 0.6) is 0 Å². The number of rotatable bonds is 0. The zero-order valence-corrected chi connectivity index (χ0v) is 34.5. The van der Waals surface area contributed by atoms with Gasteiger partial charge >= 0.3 is 0 Å². The summed E-state index contributed by atoms with van der Waals surface area (Å²) in [6, 6.07) is 54.2. The smallest absolute Gasteiger partial charge is 0.221 e. The Morgan fingerprint density at radius 1 is 0.639 bits per heavy atom. The van der Waals surface area contributed by atoms with Crippen molar-refractivity contribution in [2.45, 2.75) is 55.3 Å². The van der Waals surface area contributed by atoms with Gasteiger partial charge in [0.25, 0.3) is 0 Å². The highest BCUT2D eigenvalue weighted by atomic mass is 15.3. The number of benzene rings is 6. The van der Waals surface area contributed by atoms with Crippen LogP contribution in [-0.2, 0) is 10.8 Å². The van der Waals surface area contributed by atoms with E-state index < -0.39 is 5.41 Å². The third kappa shape index (κ3) is 3.52. The molecule has 0 aromatic heterocycles. The summed E-state index contributed by atoms with van der Waals surface area (Å²) in [4.78, 5) is 5.65. The van der Waals surface area contributed by atoms with Crippen molar-refractivity contribution >= 4 is 23.6 Å². The van der Waals surface area contributed by atoms with E-state index in [-0.39, 0.29) is 29.4 Å². The minimum Gasteiger partial charge on any atom is -0.332 e. The summed E-state index contributed by atoms with van der Waals surface area (Å²) in [6.45, 7) is 5.16. The zero-order valence-electron chi connectivity index (χ0n) is 34.5. The number of fused-ring (bicyclic) bond motifs is 22. The number of hydrogen-bond donors (Lipinski definition) is 0. The van der Waals surface area contributed by atoms with E-state index in [0.717, 1.165) is 19.3 Å². The van der Waals surface area contributed by atoms with Crippen molar-refractivity contribution in [3.63, 3.8) is 0 Å². The van der Waals surface area contributed by atoms with Gasteiger partial charge in [0.05, 0.1) is 16.4 Å². The average Bonchev–Trinajstić information content (AvgIpc) is 3.76. The third-order valence-corrected chi connectivity index (χ3v) is 16.7. The van der Waals surface area contributed by atoms with Crippen LogP contribution >= 0.6 is 0 Å². The van der Waals surface area contributed by atoms with Gasteiger partial charge in [0.2, 0.25) is 6.71 Å². The third-order valence-electron chi connectivity index (χ3n) is 16.7. The molecule has 6 aromatic rings. The van der Waals surface area contributed by atoms with Crippen LogP contribution in [-0.4, -0.2) is 17.2 Å². The van der Waals surface area contributed by atoms with E-state index in [0.29, 0.717) is 0 Å². The highest BCUT2D eigenvalue weighted by Crippen LogP contribution is 2.71. The van der Waals surface area contributed by atoms with Gasteiger partial charge in [-0.05, 0) is 113 Å². The van der Waals surface area contributed by atoms with E-state index in [1.54, 1.807) is 5.47 Å². The molecule has 15 rings (SSSR count). The van der Waals surface area contributed by atoms with Crippen molar-refractivity contribution in [3.8, 4) is 22.3 Å². The lowest BCUT2D eigenvalue weighted by Gasteiger charge is -2.65. The van der Waals surface area contributed by atoms with Crippen molar-refractivity contribution in [1.82, 2.24) is 4.90 Å². The van der Waals surface area contributed by atoms with Crippen molar-refractivity contribution < 1.29 is 0 Å². The van der Waals surface area contributed by atoms with Crippen molar-refractivity contribution in [1.29, 1.82) is 0 Å². The molecular formula is C58H43BN2. The molecule has 3 unspecified atom stereocenters. The Balaban J connectivity index is 1.08. The van der Waals surface area contributed by atoms with Gasteiger partial charge in [0, 0.05) is 40.2 Å². The van der Waals surface area contributed by atoms with Crippen LogP contribution < -0.4 is 10.4 Å². The first-order valence-electron chi connectivity index (χ1n) is 22.5.